The number of halogens is 5. The average molecular weight is 371 g/mol. The molecule has 1 aromatic carbocycles. The van der Waals surface area contributed by atoms with Gasteiger partial charge in [-0.3, -0.25) is 9.59 Å². The molecule has 0 aromatic heterocycles. The van der Waals surface area contributed by atoms with Gasteiger partial charge in [-0.15, -0.1) is 0 Å². The molecule has 0 aliphatic heterocycles. The zero-order valence-electron chi connectivity index (χ0n) is 12.3. The van der Waals surface area contributed by atoms with Crippen molar-refractivity contribution in [3.05, 3.63) is 33.8 Å². The SMILES string of the molecule is CC(C)C(NC(=O)c1ccc(Cl)cc1Cl)C(=O)NCC(F)(F)F. The molecule has 0 heterocycles. The van der Waals surface area contributed by atoms with Gasteiger partial charge in [-0.05, 0) is 24.1 Å². The summed E-state index contributed by atoms with van der Waals surface area (Å²) in [6.07, 6.45) is -4.53. The van der Waals surface area contributed by atoms with Crippen LogP contribution >= 0.6 is 23.2 Å². The molecule has 4 nitrogen and oxygen atoms in total. The zero-order chi connectivity index (χ0) is 17.8. The van der Waals surface area contributed by atoms with Crippen molar-refractivity contribution < 1.29 is 22.8 Å². The molecule has 2 N–H and O–H groups in total. The van der Waals surface area contributed by atoms with Crippen molar-refractivity contribution in [1.29, 1.82) is 0 Å². The van der Waals surface area contributed by atoms with Gasteiger partial charge in [-0.1, -0.05) is 37.0 Å². The minimum Gasteiger partial charge on any atom is -0.345 e. The highest BCUT2D eigenvalue weighted by Crippen LogP contribution is 2.21. The highest BCUT2D eigenvalue weighted by molar-refractivity contribution is 6.36. The maximum absolute atomic E-state index is 12.2. The molecule has 9 heteroatoms. The number of alkyl halides is 3. The first-order chi connectivity index (χ1) is 10.5. The fourth-order valence-electron chi connectivity index (χ4n) is 1.72. The Hall–Kier alpha value is -1.47. The number of hydrogen-bond acceptors (Lipinski definition) is 2. The van der Waals surface area contributed by atoms with E-state index in [9.17, 15) is 22.8 Å². The molecule has 1 aromatic rings. The van der Waals surface area contributed by atoms with Gasteiger partial charge < -0.3 is 10.6 Å². The molecule has 0 spiro atoms. The number of hydrogen-bond donors (Lipinski definition) is 2. The van der Waals surface area contributed by atoms with Crippen LogP contribution in [0.25, 0.3) is 0 Å². The third kappa shape index (κ3) is 6.27. The standard InChI is InChI=1S/C14H15Cl2F3N2O2/c1-7(2)11(13(23)20-6-14(17,18)19)21-12(22)9-4-3-8(15)5-10(9)16/h3-5,7,11H,6H2,1-2H3,(H,20,23)(H,21,22). The van der Waals surface area contributed by atoms with Crippen LogP contribution < -0.4 is 10.6 Å². The summed E-state index contributed by atoms with van der Waals surface area (Å²) in [7, 11) is 0. The van der Waals surface area contributed by atoms with Gasteiger partial charge >= 0.3 is 6.18 Å². The van der Waals surface area contributed by atoms with E-state index in [1.165, 1.54) is 18.2 Å². The normalized spacial score (nSPS) is 12.9. The lowest BCUT2D eigenvalue weighted by molar-refractivity contribution is -0.140. The van der Waals surface area contributed by atoms with Crippen LogP contribution in [0, 0.1) is 5.92 Å². The Morgan fingerprint density at radius 1 is 1.22 bits per heavy atom. The average Bonchev–Trinajstić information content (AvgIpc) is 2.40. The molecular formula is C14H15Cl2F3N2O2. The Labute approximate surface area is 141 Å². The molecule has 0 radical (unpaired) electrons. The van der Waals surface area contributed by atoms with Crippen LogP contribution in [0.5, 0.6) is 0 Å². The smallest absolute Gasteiger partial charge is 0.345 e. The van der Waals surface area contributed by atoms with Crippen molar-refractivity contribution in [3.63, 3.8) is 0 Å². The maximum atomic E-state index is 12.2. The minimum absolute atomic E-state index is 0.0744. The van der Waals surface area contributed by atoms with Crippen LogP contribution in [0.3, 0.4) is 0 Å². The Bertz CT molecular complexity index is 592. The summed E-state index contributed by atoms with van der Waals surface area (Å²) in [5.74, 6) is -2.01. The number of rotatable bonds is 5. The first-order valence-electron chi connectivity index (χ1n) is 6.61. The molecule has 0 saturated heterocycles. The van der Waals surface area contributed by atoms with Crippen LogP contribution in [0.1, 0.15) is 24.2 Å². The Morgan fingerprint density at radius 3 is 2.30 bits per heavy atom. The predicted molar refractivity (Wildman–Crippen MR) is 81.6 cm³/mol. The summed E-state index contributed by atoms with van der Waals surface area (Å²) < 4.78 is 36.5. The molecule has 0 aliphatic carbocycles. The second kappa shape index (κ2) is 7.88. The van der Waals surface area contributed by atoms with E-state index in [0.29, 0.717) is 5.02 Å². The minimum atomic E-state index is -4.53. The molecule has 0 fully saturated rings. The van der Waals surface area contributed by atoms with Gasteiger partial charge in [0.1, 0.15) is 12.6 Å². The Kier molecular flexibility index (Phi) is 6.70. The number of carbonyl (C=O) groups excluding carboxylic acids is 2. The summed E-state index contributed by atoms with van der Waals surface area (Å²) in [5.41, 5.74) is 0.0744. The van der Waals surface area contributed by atoms with E-state index in [1.54, 1.807) is 19.2 Å². The van der Waals surface area contributed by atoms with Crippen LogP contribution in [-0.4, -0.2) is 30.6 Å². The molecule has 0 saturated carbocycles. The lowest BCUT2D eigenvalue weighted by Gasteiger charge is -2.22. The third-order valence-corrected chi connectivity index (χ3v) is 3.42. The largest absolute Gasteiger partial charge is 0.405 e. The van der Waals surface area contributed by atoms with Crippen LogP contribution in [0.4, 0.5) is 13.2 Å². The van der Waals surface area contributed by atoms with Crippen molar-refractivity contribution >= 4 is 35.0 Å². The maximum Gasteiger partial charge on any atom is 0.405 e. The monoisotopic (exact) mass is 370 g/mol. The van der Waals surface area contributed by atoms with Crippen molar-refractivity contribution in [2.75, 3.05) is 6.54 Å². The van der Waals surface area contributed by atoms with E-state index < -0.39 is 36.5 Å². The number of carbonyl (C=O) groups is 2. The van der Waals surface area contributed by atoms with Crippen molar-refractivity contribution in [2.45, 2.75) is 26.1 Å². The van der Waals surface area contributed by atoms with E-state index in [4.69, 9.17) is 23.2 Å². The fraction of sp³-hybridized carbons (Fsp3) is 0.429. The molecule has 128 valence electrons. The Morgan fingerprint density at radius 2 is 1.83 bits per heavy atom. The van der Waals surface area contributed by atoms with E-state index in [-0.39, 0.29) is 10.6 Å². The molecule has 23 heavy (non-hydrogen) atoms. The lowest BCUT2D eigenvalue weighted by atomic mass is 10.0. The summed E-state index contributed by atoms with van der Waals surface area (Å²) in [6.45, 7) is 1.73. The molecule has 2 amide bonds. The van der Waals surface area contributed by atoms with Crippen molar-refractivity contribution in [3.8, 4) is 0 Å². The van der Waals surface area contributed by atoms with Crippen LogP contribution in [0.2, 0.25) is 10.0 Å². The number of nitrogens with one attached hydrogen (secondary N) is 2. The van der Waals surface area contributed by atoms with Crippen LogP contribution in [-0.2, 0) is 4.79 Å². The predicted octanol–water partition coefficient (Wildman–Crippen LogP) is 3.43. The lowest BCUT2D eigenvalue weighted by Crippen LogP contribution is -2.51. The summed E-state index contributed by atoms with van der Waals surface area (Å²) in [4.78, 5) is 24.0. The van der Waals surface area contributed by atoms with Crippen molar-refractivity contribution in [2.24, 2.45) is 5.92 Å². The van der Waals surface area contributed by atoms with Gasteiger partial charge in [0, 0.05) is 5.02 Å². The van der Waals surface area contributed by atoms with E-state index in [0.717, 1.165) is 0 Å². The number of benzene rings is 1. The van der Waals surface area contributed by atoms with Gasteiger partial charge in [0.05, 0.1) is 10.6 Å². The second-order valence-electron chi connectivity index (χ2n) is 5.15. The molecule has 1 rings (SSSR count). The molecule has 0 aliphatic rings. The van der Waals surface area contributed by atoms with Crippen LogP contribution in [0.15, 0.2) is 18.2 Å². The summed E-state index contributed by atoms with van der Waals surface area (Å²) in [6, 6.07) is 3.03. The van der Waals surface area contributed by atoms with E-state index in [2.05, 4.69) is 5.32 Å². The fourth-order valence-corrected chi connectivity index (χ4v) is 2.22. The molecular weight excluding hydrogens is 356 g/mol. The summed E-state index contributed by atoms with van der Waals surface area (Å²) in [5, 5.41) is 4.54. The quantitative estimate of drug-likeness (QED) is 0.833. The molecule has 1 atom stereocenters. The van der Waals surface area contributed by atoms with Gasteiger partial charge in [0.2, 0.25) is 5.91 Å². The van der Waals surface area contributed by atoms with Gasteiger partial charge in [0.25, 0.3) is 5.91 Å². The highest BCUT2D eigenvalue weighted by Gasteiger charge is 2.31. The Balaban J connectivity index is 2.83. The van der Waals surface area contributed by atoms with Gasteiger partial charge in [0.15, 0.2) is 0 Å². The van der Waals surface area contributed by atoms with E-state index in [1.807, 2.05) is 0 Å². The van der Waals surface area contributed by atoms with E-state index >= 15 is 0 Å². The summed E-state index contributed by atoms with van der Waals surface area (Å²) >= 11 is 11.6. The third-order valence-electron chi connectivity index (χ3n) is 2.87. The molecule has 1 unspecified atom stereocenters. The first-order valence-corrected chi connectivity index (χ1v) is 7.37. The van der Waals surface area contributed by atoms with Gasteiger partial charge in [-0.2, -0.15) is 13.2 Å². The second-order valence-corrected chi connectivity index (χ2v) is 6.00. The molecule has 0 bridgehead atoms. The first kappa shape index (κ1) is 19.6. The number of amides is 2. The van der Waals surface area contributed by atoms with Gasteiger partial charge in [-0.25, -0.2) is 0 Å². The zero-order valence-corrected chi connectivity index (χ0v) is 13.8. The highest BCUT2D eigenvalue weighted by atomic mass is 35.5. The van der Waals surface area contributed by atoms with Crippen molar-refractivity contribution in [1.82, 2.24) is 10.6 Å². The topological polar surface area (TPSA) is 58.2 Å².